The highest BCUT2D eigenvalue weighted by atomic mass is 35.5. The zero-order valence-electron chi connectivity index (χ0n) is 16.8. The molecule has 2 aromatic carbocycles. The second-order valence-corrected chi connectivity index (χ2v) is 7.37. The van der Waals surface area contributed by atoms with Crippen LogP contribution in [-0.4, -0.2) is 25.7 Å². The highest BCUT2D eigenvalue weighted by molar-refractivity contribution is 6.28. The molecule has 0 aliphatic heterocycles. The number of aromatic nitrogens is 4. The van der Waals surface area contributed by atoms with Gasteiger partial charge in [-0.2, -0.15) is 23.3 Å². The van der Waals surface area contributed by atoms with Gasteiger partial charge < -0.3 is 10.6 Å². The zero-order chi connectivity index (χ0) is 23.0. The first-order chi connectivity index (χ1) is 15.1. The summed E-state index contributed by atoms with van der Waals surface area (Å²) in [5.41, 5.74) is 1.46. The first-order valence-electron chi connectivity index (χ1n) is 9.33. The van der Waals surface area contributed by atoms with Gasteiger partial charge in [-0.3, -0.25) is 4.79 Å². The summed E-state index contributed by atoms with van der Waals surface area (Å²) in [7, 11) is 1.72. The number of alkyl halides is 3. The first kappa shape index (κ1) is 21.6. The monoisotopic (exact) mass is 460 g/mol. The molecule has 4 aromatic rings. The van der Waals surface area contributed by atoms with Crippen LogP contribution in [0.3, 0.4) is 0 Å². The third-order valence-corrected chi connectivity index (χ3v) is 4.93. The lowest BCUT2D eigenvalue weighted by molar-refractivity contribution is -0.137. The van der Waals surface area contributed by atoms with Gasteiger partial charge in [-0.05, 0) is 54.4 Å². The number of aryl methyl sites for hydroxylation is 2. The minimum absolute atomic E-state index is 0.0975. The van der Waals surface area contributed by atoms with Gasteiger partial charge in [0.1, 0.15) is 0 Å². The molecule has 11 heteroatoms. The summed E-state index contributed by atoms with van der Waals surface area (Å²) in [6.07, 6.45) is -2.98. The van der Waals surface area contributed by atoms with Crippen molar-refractivity contribution in [2.24, 2.45) is 7.05 Å². The molecule has 1 amide bonds. The third-order valence-electron chi connectivity index (χ3n) is 4.75. The maximum Gasteiger partial charge on any atom is 0.416 e. The number of carbonyl (C=O) groups is 1. The molecule has 0 radical (unpaired) electrons. The molecule has 0 aliphatic rings. The third kappa shape index (κ3) is 4.35. The Morgan fingerprint density at radius 3 is 2.69 bits per heavy atom. The standard InChI is InChI=1S/C21H16ClF3N6O/c1-11-6-7-14(27-19(32)12-4-3-5-13(8-12)21(23,24)25)9-16(11)28-17-15-10-26-20(22)29-18(15)31(2)30-17/h3-10H,1-2H3,(H,27,32)(H,28,30). The molecule has 2 heterocycles. The highest BCUT2D eigenvalue weighted by Crippen LogP contribution is 2.31. The lowest BCUT2D eigenvalue weighted by Gasteiger charge is -2.12. The van der Waals surface area contributed by atoms with Gasteiger partial charge in [0.15, 0.2) is 11.5 Å². The summed E-state index contributed by atoms with van der Waals surface area (Å²) in [5.74, 6) is -0.166. The Labute approximate surface area is 185 Å². The molecule has 0 unspecified atom stereocenters. The molecular formula is C21H16ClF3N6O. The molecule has 0 aliphatic carbocycles. The van der Waals surface area contributed by atoms with E-state index in [4.69, 9.17) is 11.6 Å². The van der Waals surface area contributed by atoms with Crippen molar-refractivity contribution in [1.82, 2.24) is 19.7 Å². The fraction of sp³-hybridized carbons (Fsp3) is 0.143. The lowest BCUT2D eigenvalue weighted by Crippen LogP contribution is -2.14. The van der Waals surface area contributed by atoms with Crippen LogP contribution in [0.1, 0.15) is 21.5 Å². The number of nitrogens with zero attached hydrogens (tertiary/aromatic N) is 4. The molecule has 4 rings (SSSR count). The van der Waals surface area contributed by atoms with E-state index < -0.39 is 17.6 Å². The van der Waals surface area contributed by atoms with Crippen LogP contribution in [0.25, 0.3) is 11.0 Å². The van der Waals surface area contributed by atoms with Crippen LogP contribution in [0.2, 0.25) is 5.28 Å². The molecule has 0 saturated heterocycles. The minimum Gasteiger partial charge on any atom is -0.338 e. The van der Waals surface area contributed by atoms with Crippen LogP contribution >= 0.6 is 11.6 Å². The molecule has 32 heavy (non-hydrogen) atoms. The zero-order valence-corrected chi connectivity index (χ0v) is 17.6. The first-order valence-corrected chi connectivity index (χ1v) is 9.71. The number of hydrogen-bond donors (Lipinski definition) is 2. The number of rotatable bonds is 4. The van der Waals surface area contributed by atoms with Gasteiger partial charge in [-0.25, -0.2) is 9.67 Å². The van der Waals surface area contributed by atoms with Crippen molar-refractivity contribution in [3.8, 4) is 0 Å². The number of halogens is 4. The van der Waals surface area contributed by atoms with Crippen molar-refractivity contribution >= 4 is 45.7 Å². The Kier molecular flexibility index (Phi) is 5.47. The Bertz CT molecular complexity index is 1340. The largest absolute Gasteiger partial charge is 0.416 e. The van der Waals surface area contributed by atoms with Crippen LogP contribution in [0.5, 0.6) is 0 Å². The second kappa shape index (κ2) is 8.12. The van der Waals surface area contributed by atoms with Crippen LogP contribution in [0.15, 0.2) is 48.7 Å². The molecule has 0 fully saturated rings. The van der Waals surface area contributed by atoms with E-state index in [1.807, 2.05) is 6.92 Å². The summed E-state index contributed by atoms with van der Waals surface area (Å²) in [5, 5.41) is 10.9. The van der Waals surface area contributed by atoms with Crippen molar-refractivity contribution in [3.05, 3.63) is 70.6 Å². The van der Waals surface area contributed by atoms with Crippen molar-refractivity contribution in [1.29, 1.82) is 0 Å². The topological polar surface area (TPSA) is 84.7 Å². The summed E-state index contributed by atoms with van der Waals surface area (Å²) in [6, 6.07) is 9.34. The van der Waals surface area contributed by atoms with Gasteiger partial charge in [0, 0.05) is 30.2 Å². The predicted molar refractivity (Wildman–Crippen MR) is 115 cm³/mol. The van der Waals surface area contributed by atoms with Gasteiger partial charge in [0.05, 0.1) is 10.9 Å². The van der Waals surface area contributed by atoms with Crippen LogP contribution in [0, 0.1) is 6.92 Å². The van der Waals surface area contributed by atoms with E-state index in [0.717, 1.165) is 17.7 Å². The molecule has 7 nitrogen and oxygen atoms in total. The van der Waals surface area contributed by atoms with Crippen molar-refractivity contribution in [2.75, 3.05) is 10.6 Å². The quantitative estimate of drug-likeness (QED) is 0.401. The number of benzene rings is 2. The molecule has 0 atom stereocenters. The normalized spacial score (nSPS) is 11.6. The average Bonchev–Trinajstić information content (AvgIpc) is 3.04. The SMILES string of the molecule is Cc1ccc(NC(=O)c2cccc(C(F)(F)F)c2)cc1Nc1nn(C)c2nc(Cl)ncc12. The summed E-state index contributed by atoms with van der Waals surface area (Å²) in [4.78, 5) is 20.7. The van der Waals surface area contributed by atoms with Crippen molar-refractivity contribution < 1.29 is 18.0 Å². The second-order valence-electron chi connectivity index (χ2n) is 7.04. The maximum atomic E-state index is 12.9. The van der Waals surface area contributed by atoms with E-state index in [1.165, 1.54) is 12.1 Å². The Morgan fingerprint density at radius 1 is 1.16 bits per heavy atom. The predicted octanol–water partition coefficient (Wildman–Crippen LogP) is 5.34. The molecule has 0 bridgehead atoms. The molecule has 2 aromatic heterocycles. The van der Waals surface area contributed by atoms with Crippen LogP contribution < -0.4 is 10.6 Å². The van der Waals surface area contributed by atoms with E-state index in [-0.39, 0.29) is 10.8 Å². The Hall–Kier alpha value is -3.66. The number of amides is 1. The molecule has 164 valence electrons. The van der Waals surface area contributed by atoms with Crippen molar-refractivity contribution in [3.63, 3.8) is 0 Å². The molecule has 0 spiro atoms. The van der Waals surface area contributed by atoms with E-state index >= 15 is 0 Å². The molecule has 2 N–H and O–H groups in total. The summed E-state index contributed by atoms with van der Waals surface area (Å²) >= 11 is 5.85. The van der Waals surface area contributed by atoms with E-state index in [2.05, 4.69) is 25.7 Å². The Balaban J connectivity index is 1.59. The summed E-state index contributed by atoms with van der Waals surface area (Å²) < 4.78 is 40.4. The number of fused-ring (bicyclic) bond motifs is 1. The number of hydrogen-bond acceptors (Lipinski definition) is 5. The maximum absolute atomic E-state index is 12.9. The molecule has 0 saturated carbocycles. The number of anilines is 3. The van der Waals surface area contributed by atoms with E-state index in [0.29, 0.717) is 28.2 Å². The van der Waals surface area contributed by atoms with Crippen molar-refractivity contribution in [2.45, 2.75) is 13.1 Å². The average molecular weight is 461 g/mol. The Morgan fingerprint density at radius 2 is 1.94 bits per heavy atom. The van der Waals surface area contributed by atoms with Gasteiger partial charge in [0.2, 0.25) is 5.28 Å². The number of carbonyl (C=O) groups excluding carboxylic acids is 1. The molecular weight excluding hydrogens is 445 g/mol. The highest BCUT2D eigenvalue weighted by Gasteiger charge is 2.30. The van der Waals surface area contributed by atoms with E-state index in [1.54, 1.807) is 36.1 Å². The lowest BCUT2D eigenvalue weighted by atomic mass is 10.1. The van der Waals surface area contributed by atoms with Gasteiger partial charge >= 0.3 is 6.18 Å². The van der Waals surface area contributed by atoms with Gasteiger partial charge in [0.25, 0.3) is 5.91 Å². The fourth-order valence-corrected chi connectivity index (χ4v) is 3.24. The van der Waals surface area contributed by atoms with Crippen LogP contribution in [-0.2, 0) is 13.2 Å². The van der Waals surface area contributed by atoms with Gasteiger partial charge in [-0.1, -0.05) is 12.1 Å². The van der Waals surface area contributed by atoms with Crippen LogP contribution in [0.4, 0.5) is 30.4 Å². The fourth-order valence-electron chi connectivity index (χ4n) is 3.11. The smallest absolute Gasteiger partial charge is 0.338 e. The summed E-state index contributed by atoms with van der Waals surface area (Å²) in [6.45, 7) is 1.86. The van der Waals surface area contributed by atoms with E-state index in [9.17, 15) is 18.0 Å². The number of nitrogens with one attached hydrogen (secondary N) is 2. The van der Waals surface area contributed by atoms with Gasteiger partial charge in [-0.15, -0.1) is 0 Å². The minimum atomic E-state index is -4.53.